The molecule has 3 aromatic carbocycles. The number of carboxylic acids is 1. The first kappa shape index (κ1) is 24.6. The first-order chi connectivity index (χ1) is 16.8. The maximum atomic E-state index is 13.5. The van der Waals surface area contributed by atoms with Gasteiger partial charge in [-0.25, -0.2) is 0 Å². The lowest BCUT2D eigenvalue weighted by atomic mass is 9.91. The summed E-state index contributed by atoms with van der Waals surface area (Å²) in [5.41, 5.74) is 2.97. The van der Waals surface area contributed by atoms with Gasteiger partial charge in [0, 0.05) is 42.1 Å². The molecule has 6 nitrogen and oxygen atoms in total. The number of amides is 1. The summed E-state index contributed by atoms with van der Waals surface area (Å²) in [5.74, 6) is 0.232. The Bertz CT molecular complexity index is 1230. The Labute approximate surface area is 210 Å². The molecule has 182 valence electrons. The van der Waals surface area contributed by atoms with Crippen LogP contribution in [-0.4, -0.2) is 41.1 Å². The summed E-state index contributed by atoms with van der Waals surface area (Å²) in [5, 5.41) is 9.91. The summed E-state index contributed by atoms with van der Waals surface area (Å²) < 4.78 is 11.7. The fourth-order valence-corrected chi connectivity index (χ4v) is 4.62. The minimum Gasteiger partial charge on any atom is -0.496 e. The largest absolute Gasteiger partial charge is 0.496 e. The number of ether oxygens (including phenoxy) is 2. The van der Waals surface area contributed by atoms with E-state index in [0.717, 1.165) is 22.4 Å². The molecule has 4 rings (SSSR count). The van der Waals surface area contributed by atoms with Crippen molar-refractivity contribution in [3.63, 3.8) is 0 Å². The Morgan fingerprint density at radius 1 is 1.11 bits per heavy atom. The molecule has 0 saturated carbocycles. The molecule has 3 aromatic rings. The second-order valence-electron chi connectivity index (χ2n) is 9.04. The van der Waals surface area contributed by atoms with Gasteiger partial charge in [0.1, 0.15) is 17.1 Å². The van der Waals surface area contributed by atoms with Gasteiger partial charge in [0.15, 0.2) is 0 Å². The zero-order chi connectivity index (χ0) is 25.0. The van der Waals surface area contributed by atoms with Crippen LogP contribution in [0.15, 0.2) is 66.7 Å². The van der Waals surface area contributed by atoms with E-state index in [1.54, 1.807) is 18.1 Å². The predicted octanol–water partition coefficient (Wildman–Crippen LogP) is 5.40. The molecule has 1 aliphatic rings. The van der Waals surface area contributed by atoms with Crippen LogP contribution in [0.2, 0.25) is 5.02 Å². The molecule has 1 atom stereocenters. The fraction of sp³-hybridized carbons (Fsp3) is 0.286. The summed E-state index contributed by atoms with van der Waals surface area (Å²) in [6, 6.07) is 20.6. The lowest BCUT2D eigenvalue weighted by molar-refractivity contribution is -0.137. The van der Waals surface area contributed by atoms with Crippen LogP contribution in [0.1, 0.15) is 40.4 Å². The van der Waals surface area contributed by atoms with Crippen LogP contribution in [0.25, 0.3) is 0 Å². The van der Waals surface area contributed by atoms with Crippen LogP contribution < -0.4 is 9.47 Å². The summed E-state index contributed by atoms with van der Waals surface area (Å²) in [4.78, 5) is 26.3. The molecular weight excluding hydrogens is 466 g/mol. The molecule has 1 N–H and O–H groups in total. The Morgan fingerprint density at radius 2 is 1.86 bits per heavy atom. The third-order valence-corrected chi connectivity index (χ3v) is 6.41. The number of hydrogen-bond donors (Lipinski definition) is 1. The number of rotatable bonds is 9. The van der Waals surface area contributed by atoms with Crippen LogP contribution >= 0.6 is 11.6 Å². The number of para-hydroxylation sites is 1. The second-order valence-corrected chi connectivity index (χ2v) is 9.47. The Balaban J connectivity index is 1.54. The number of benzene rings is 3. The number of carbonyl (C=O) groups excluding carboxylic acids is 1. The van der Waals surface area contributed by atoms with Crippen molar-refractivity contribution >= 4 is 23.5 Å². The average Bonchev–Trinajstić information content (AvgIpc) is 3.17. The van der Waals surface area contributed by atoms with Crippen LogP contribution in [0.4, 0.5) is 0 Å². The van der Waals surface area contributed by atoms with E-state index >= 15 is 0 Å². The van der Waals surface area contributed by atoms with Crippen LogP contribution in [0.3, 0.4) is 0 Å². The Kier molecular flexibility index (Phi) is 7.31. The SMILES string of the molecule is COc1ccccc1CN(CCC(=O)O)C(=O)c1ccc2c(c1)C[C@@](C)(Cc1ccc(Cl)cc1)O2. The molecule has 0 aromatic heterocycles. The van der Waals surface area contributed by atoms with E-state index in [9.17, 15) is 14.7 Å². The first-order valence-corrected chi connectivity index (χ1v) is 11.8. The third-order valence-electron chi connectivity index (χ3n) is 6.16. The van der Waals surface area contributed by atoms with Gasteiger partial charge in [-0.1, -0.05) is 41.9 Å². The zero-order valence-electron chi connectivity index (χ0n) is 19.8. The first-order valence-electron chi connectivity index (χ1n) is 11.5. The standard InChI is InChI=1S/C28H28ClNO5/c1-28(16-19-7-10-23(29)11-8-19)17-22-15-20(9-12-25(22)35-28)27(33)30(14-13-26(31)32)18-21-5-3-4-6-24(21)34-2/h3-12,15H,13-14,16-18H2,1-2H3,(H,31,32)/t28-/m1/s1. The Morgan fingerprint density at radius 3 is 2.57 bits per heavy atom. The molecule has 0 aliphatic carbocycles. The topological polar surface area (TPSA) is 76.1 Å². The minimum atomic E-state index is -0.955. The number of fused-ring (bicyclic) bond motifs is 1. The van der Waals surface area contributed by atoms with E-state index in [-0.39, 0.29) is 25.4 Å². The van der Waals surface area contributed by atoms with E-state index in [4.69, 9.17) is 21.1 Å². The van der Waals surface area contributed by atoms with Gasteiger partial charge in [0.2, 0.25) is 0 Å². The number of aliphatic carboxylic acids is 1. The predicted molar refractivity (Wildman–Crippen MR) is 134 cm³/mol. The molecule has 0 bridgehead atoms. The second kappa shape index (κ2) is 10.4. The van der Waals surface area contributed by atoms with Crippen molar-refractivity contribution in [1.29, 1.82) is 0 Å². The monoisotopic (exact) mass is 493 g/mol. The molecular formula is C28H28ClNO5. The minimum absolute atomic E-state index is 0.0914. The van der Waals surface area contributed by atoms with Crippen LogP contribution in [0.5, 0.6) is 11.5 Å². The van der Waals surface area contributed by atoms with Gasteiger partial charge < -0.3 is 19.5 Å². The third kappa shape index (κ3) is 5.95. The van der Waals surface area contributed by atoms with Gasteiger partial charge in [-0.15, -0.1) is 0 Å². The lowest BCUT2D eigenvalue weighted by Crippen LogP contribution is -2.33. The summed E-state index contributed by atoms with van der Waals surface area (Å²) in [7, 11) is 1.57. The van der Waals surface area contributed by atoms with E-state index in [0.29, 0.717) is 29.2 Å². The molecule has 1 aliphatic heterocycles. The molecule has 1 heterocycles. The van der Waals surface area contributed by atoms with E-state index < -0.39 is 11.6 Å². The van der Waals surface area contributed by atoms with Crippen molar-refractivity contribution in [3.8, 4) is 11.5 Å². The maximum Gasteiger partial charge on any atom is 0.305 e. The van der Waals surface area contributed by atoms with E-state index in [1.807, 2.05) is 60.7 Å². The highest BCUT2D eigenvalue weighted by Crippen LogP contribution is 2.38. The van der Waals surface area contributed by atoms with Crippen molar-refractivity contribution < 1.29 is 24.2 Å². The van der Waals surface area contributed by atoms with Crippen LogP contribution in [0, 0.1) is 0 Å². The molecule has 0 unspecified atom stereocenters. The number of hydrogen-bond acceptors (Lipinski definition) is 4. The van der Waals surface area contributed by atoms with Gasteiger partial charge in [-0.2, -0.15) is 0 Å². The highest BCUT2D eigenvalue weighted by Gasteiger charge is 2.35. The lowest BCUT2D eigenvalue weighted by Gasteiger charge is -2.24. The van der Waals surface area contributed by atoms with Gasteiger partial charge in [0.05, 0.1) is 13.5 Å². The smallest absolute Gasteiger partial charge is 0.305 e. The van der Waals surface area contributed by atoms with Crippen molar-refractivity contribution in [1.82, 2.24) is 4.90 Å². The van der Waals surface area contributed by atoms with Gasteiger partial charge >= 0.3 is 5.97 Å². The average molecular weight is 494 g/mol. The molecule has 0 spiro atoms. The van der Waals surface area contributed by atoms with Gasteiger partial charge in [-0.05, 0) is 54.4 Å². The number of carboxylic acid groups (broad SMARTS) is 1. The summed E-state index contributed by atoms with van der Waals surface area (Å²) in [6.45, 7) is 2.40. The summed E-state index contributed by atoms with van der Waals surface area (Å²) >= 11 is 6.01. The molecule has 35 heavy (non-hydrogen) atoms. The fourth-order valence-electron chi connectivity index (χ4n) is 4.49. The van der Waals surface area contributed by atoms with Crippen molar-refractivity contribution in [3.05, 3.63) is 94.0 Å². The van der Waals surface area contributed by atoms with E-state index in [2.05, 4.69) is 6.92 Å². The number of nitrogens with zero attached hydrogens (tertiary/aromatic N) is 1. The van der Waals surface area contributed by atoms with Crippen molar-refractivity contribution in [2.75, 3.05) is 13.7 Å². The van der Waals surface area contributed by atoms with Gasteiger partial charge in [-0.3, -0.25) is 9.59 Å². The highest BCUT2D eigenvalue weighted by molar-refractivity contribution is 6.30. The molecule has 0 radical (unpaired) electrons. The van der Waals surface area contributed by atoms with Crippen LogP contribution in [-0.2, 0) is 24.2 Å². The quantitative estimate of drug-likeness (QED) is 0.432. The maximum absolute atomic E-state index is 13.5. The van der Waals surface area contributed by atoms with E-state index in [1.165, 1.54) is 0 Å². The molecule has 0 fully saturated rings. The highest BCUT2D eigenvalue weighted by atomic mass is 35.5. The number of halogens is 1. The van der Waals surface area contributed by atoms with Gasteiger partial charge in [0.25, 0.3) is 5.91 Å². The van der Waals surface area contributed by atoms with Crippen molar-refractivity contribution in [2.24, 2.45) is 0 Å². The number of methoxy groups -OCH3 is 1. The molecule has 0 saturated heterocycles. The normalized spacial score (nSPS) is 16.3. The number of carbonyl (C=O) groups is 2. The molecule has 7 heteroatoms. The zero-order valence-corrected chi connectivity index (χ0v) is 20.5. The summed E-state index contributed by atoms with van der Waals surface area (Å²) in [6.07, 6.45) is 1.22. The van der Waals surface area contributed by atoms with Crippen molar-refractivity contribution in [2.45, 2.75) is 38.3 Å². The Hall–Kier alpha value is -3.51. The molecule has 1 amide bonds.